The number of nitrogens with zero attached hydrogens (tertiary/aromatic N) is 2. The number of hydrogen-bond acceptors (Lipinski definition) is 1. The van der Waals surface area contributed by atoms with E-state index in [2.05, 4.69) is 49.7 Å². The van der Waals surface area contributed by atoms with Gasteiger partial charge in [0.25, 0.3) is 0 Å². The van der Waals surface area contributed by atoms with Gasteiger partial charge < -0.3 is 9.47 Å². The number of carbonyl (C=O) groups excluding carboxylic acids is 1. The van der Waals surface area contributed by atoms with Crippen molar-refractivity contribution in [1.29, 1.82) is 0 Å². The van der Waals surface area contributed by atoms with Gasteiger partial charge in [-0.15, -0.1) is 11.6 Å². The quantitative estimate of drug-likeness (QED) is 0.676. The Bertz CT molecular complexity index is 649. The summed E-state index contributed by atoms with van der Waals surface area (Å²) in [7, 11) is 0. The molecule has 0 bridgehead atoms. The zero-order valence-corrected chi connectivity index (χ0v) is 15.7. The van der Waals surface area contributed by atoms with Crippen molar-refractivity contribution in [1.82, 2.24) is 9.47 Å². The van der Waals surface area contributed by atoms with Gasteiger partial charge in [-0.1, -0.05) is 44.2 Å². The molecule has 1 amide bonds. The van der Waals surface area contributed by atoms with Crippen LogP contribution >= 0.6 is 11.6 Å². The Hall–Kier alpha value is -1.74. The highest BCUT2D eigenvalue weighted by Crippen LogP contribution is 2.18. The molecular formula is C20H27ClN2O. The van der Waals surface area contributed by atoms with E-state index in [4.69, 9.17) is 11.6 Å². The molecule has 0 saturated heterocycles. The molecule has 0 spiro atoms. The van der Waals surface area contributed by atoms with Gasteiger partial charge >= 0.3 is 0 Å². The van der Waals surface area contributed by atoms with Crippen molar-refractivity contribution < 1.29 is 4.79 Å². The van der Waals surface area contributed by atoms with Crippen molar-refractivity contribution in [3.8, 4) is 0 Å². The van der Waals surface area contributed by atoms with Crippen LogP contribution in [-0.2, 0) is 17.9 Å². The maximum Gasteiger partial charge on any atom is 0.240 e. The van der Waals surface area contributed by atoms with Crippen LogP contribution in [0.25, 0.3) is 0 Å². The summed E-state index contributed by atoms with van der Waals surface area (Å²) in [6.45, 7) is 9.48. The van der Waals surface area contributed by atoms with Crippen molar-refractivity contribution in [2.45, 2.75) is 52.2 Å². The van der Waals surface area contributed by atoms with Crippen LogP contribution in [0, 0.1) is 5.92 Å². The molecule has 24 heavy (non-hydrogen) atoms. The molecule has 1 heterocycles. The lowest BCUT2D eigenvalue weighted by molar-refractivity contribution is -0.134. The standard InChI is InChI=1S/C20H27ClN2O/c1-15(2)17(4)23(20(24)16(3)21)14-19-11-8-12-22(19)13-18-9-6-5-7-10-18/h5-12,15-17H,13-14H2,1-4H3/t16-,17+/m1/s1. The molecule has 2 rings (SSSR count). The van der Waals surface area contributed by atoms with Crippen molar-refractivity contribution in [3.63, 3.8) is 0 Å². The number of amides is 1. The van der Waals surface area contributed by atoms with Crippen LogP contribution in [0.2, 0.25) is 0 Å². The van der Waals surface area contributed by atoms with Crippen molar-refractivity contribution >= 4 is 17.5 Å². The van der Waals surface area contributed by atoms with Gasteiger partial charge in [-0.05, 0) is 37.5 Å². The number of alkyl halides is 1. The highest BCUT2D eigenvalue weighted by Gasteiger charge is 2.26. The molecule has 0 unspecified atom stereocenters. The van der Waals surface area contributed by atoms with E-state index in [1.54, 1.807) is 6.92 Å². The molecule has 4 heteroatoms. The maximum atomic E-state index is 12.6. The van der Waals surface area contributed by atoms with Crippen molar-refractivity contribution in [2.75, 3.05) is 0 Å². The molecule has 130 valence electrons. The summed E-state index contributed by atoms with van der Waals surface area (Å²) in [6.07, 6.45) is 2.06. The summed E-state index contributed by atoms with van der Waals surface area (Å²) in [5, 5.41) is -0.510. The first-order valence-electron chi connectivity index (χ1n) is 8.52. The summed E-state index contributed by atoms with van der Waals surface area (Å²) < 4.78 is 2.20. The summed E-state index contributed by atoms with van der Waals surface area (Å²) in [5.74, 6) is 0.368. The summed E-state index contributed by atoms with van der Waals surface area (Å²) in [4.78, 5) is 14.5. The summed E-state index contributed by atoms with van der Waals surface area (Å²) in [6, 6.07) is 14.6. The lowest BCUT2D eigenvalue weighted by Crippen LogP contribution is -2.44. The molecular weight excluding hydrogens is 320 g/mol. The molecule has 2 aromatic rings. The van der Waals surface area contributed by atoms with Crippen molar-refractivity contribution in [3.05, 3.63) is 59.9 Å². The molecule has 0 aliphatic heterocycles. The minimum Gasteiger partial charge on any atom is -0.345 e. The molecule has 2 atom stereocenters. The number of rotatable bonds is 7. The van der Waals surface area contributed by atoms with Crippen LogP contribution in [0.3, 0.4) is 0 Å². The largest absolute Gasteiger partial charge is 0.345 e. The zero-order valence-electron chi connectivity index (χ0n) is 14.9. The van der Waals surface area contributed by atoms with Crippen LogP contribution in [0.1, 0.15) is 39.0 Å². The van der Waals surface area contributed by atoms with Gasteiger partial charge in [0.05, 0.1) is 6.54 Å². The van der Waals surface area contributed by atoms with Crippen LogP contribution in [0.5, 0.6) is 0 Å². The minimum absolute atomic E-state index is 0.00896. The second-order valence-corrected chi connectivity index (χ2v) is 7.33. The van der Waals surface area contributed by atoms with Gasteiger partial charge in [0.1, 0.15) is 5.38 Å². The van der Waals surface area contributed by atoms with Crippen molar-refractivity contribution in [2.24, 2.45) is 5.92 Å². The first kappa shape index (κ1) is 18.6. The fourth-order valence-electron chi connectivity index (χ4n) is 2.71. The molecule has 0 aliphatic carbocycles. The Labute approximate surface area is 150 Å². The normalized spacial score (nSPS) is 13.8. The third-order valence-electron chi connectivity index (χ3n) is 4.53. The monoisotopic (exact) mass is 346 g/mol. The highest BCUT2D eigenvalue weighted by atomic mass is 35.5. The van der Waals surface area contributed by atoms with Crippen LogP contribution in [0.15, 0.2) is 48.7 Å². The summed E-state index contributed by atoms with van der Waals surface area (Å²) in [5.41, 5.74) is 2.37. The second-order valence-electron chi connectivity index (χ2n) is 6.68. The maximum absolute atomic E-state index is 12.6. The van der Waals surface area contributed by atoms with E-state index in [-0.39, 0.29) is 11.9 Å². The van der Waals surface area contributed by atoms with Gasteiger partial charge in [0, 0.05) is 24.5 Å². The summed E-state index contributed by atoms with van der Waals surface area (Å²) >= 11 is 6.08. The number of hydrogen-bond donors (Lipinski definition) is 0. The van der Waals surface area contributed by atoms with Crippen LogP contribution < -0.4 is 0 Å². The van der Waals surface area contributed by atoms with E-state index in [1.165, 1.54) is 5.56 Å². The van der Waals surface area contributed by atoms with Crippen LogP contribution in [-0.4, -0.2) is 26.8 Å². The number of carbonyl (C=O) groups is 1. The van der Waals surface area contributed by atoms with E-state index in [0.717, 1.165) is 12.2 Å². The van der Waals surface area contributed by atoms with E-state index >= 15 is 0 Å². The first-order valence-corrected chi connectivity index (χ1v) is 8.96. The first-order chi connectivity index (χ1) is 11.4. The Kier molecular flexibility index (Phi) is 6.50. The fraction of sp³-hybridized carbons (Fsp3) is 0.450. The zero-order chi connectivity index (χ0) is 17.7. The van der Waals surface area contributed by atoms with Gasteiger partial charge in [0.15, 0.2) is 0 Å². The Morgan fingerprint density at radius 2 is 1.75 bits per heavy atom. The fourth-order valence-corrected chi connectivity index (χ4v) is 2.84. The molecule has 1 aromatic carbocycles. The number of benzene rings is 1. The van der Waals surface area contributed by atoms with E-state index in [9.17, 15) is 4.79 Å². The number of aromatic nitrogens is 1. The third kappa shape index (κ3) is 4.64. The third-order valence-corrected chi connectivity index (χ3v) is 4.72. The Morgan fingerprint density at radius 1 is 1.08 bits per heavy atom. The predicted octanol–water partition coefficient (Wildman–Crippen LogP) is 4.54. The Balaban J connectivity index is 2.21. The van der Waals surface area contributed by atoms with E-state index in [0.29, 0.717) is 12.5 Å². The van der Waals surface area contributed by atoms with E-state index < -0.39 is 5.38 Å². The number of halogens is 1. The smallest absolute Gasteiger partial charge is 0.240 e. The highest BCUT2D eigenvalue weighted by molar-refractivity contribution is 6.30. The van der Waals surface area contributed by atoms with Gasteiger partial charge in [-0.3, -0.25) is 4.79 Å². The SMILES string of the molecule is CC(C)[C@H](C)N(Cc1cccn1Cc1ccccc1)C(=O)[C@@H](C)Cl. The van der Waals surface area contributed by atoms with Gasteiger partial charge in [-0.25, -0.2) is 0 Å². The van der Waals surface area contributed by atoms with Gasteiger partial charge in [-0.2, -0.15) is 0 Å². The molecule has 3 nitrogen and oxygen atoms in total. The molecule has 0 N–H and O–H groups in total. The van der Waals surface area contributed by atoms with E-state index in [1.807, 2.05) is 29.2 Å². The topological polar surface area (TPSA) is 25.2 Å². The van der Waals surface area contributed by atoms with Crippen LogP contribution in [0.4, 0.5) is 0 Å². The van der Waals surface area contributed by atoms with Gasteiger partial charge in [0.2, 0.25) is 5.91 Å². The average Bonchev–Trinajstić information content (AvgIpc) is 2.99. The molecule has 0 fully saturated rings. The molecule has 1 aromatic heterocycles. The molecule has 0 aliphatic rings. The Morgan fingerprint density at radius 3 is 2.33 bits per heavy atom. The minimum atomic E-state index is -0.510. The average molecular weight is 347 g/mol. The predicted molar refractivity (Wildman–Crippen MR) is 100 cm³/mol. The lowest BCUT2D eigenvalue weighted by atomic mass is 10.0. The molecule has 0 saturated carbocycles. The second kappa shape index (κ2) is 8.39. The molecule has 0 radical (unpaired) electrons. The lowest BCUT2D eigenvalue weighted by Gasteiger charge is -2.33.